The maximum Gasteiger partial charge on any atom is 0.229 e. The Hall–Kier alpha value is -1.58. The number of hydrogen-bond donors (Lipinski definition) is 8. The summed E-state index contributed by atoms with van der Waals surface area (Å²) in [6.07, 6.45) is -14.2. The molecule has 170 valence electrons. The highest BCUT2D eigenvalue weighted by Crippen LogP contribution is 2.28. The first-order valence-corrected chi connectivity index (χ1v) is 9.31. The van der Waals surface area contributed by atoms with Crippen molar-refractivity contribution < 1.29 is 59.8 Å². The molecule has 2 saturated heterocycles. The highest BCUT2D eigenvalue weighted by atomic mass is 16.7. The molecule has 30 heavy (non-hydrogen) atoms. The van der Waals surface area contributed by atoms with Gasteiger partial charge in [0.05, 0.1) is 13.2 Å². The van der Waals surface area contributed by atoms with E-state index in [1.807, 2.05) is 0 Å². The summed E-state index contributed by atoms with van der Waals surface area (Å²) in [6, 6.07) is 5.67. The highest BCUT2D eigenvalue weighted by Gasteiger charge is 2.45. The van der Waals surface area contributed by atoms with Gasteiger partial charge in [0.2, 0.25) is 12.6 Å². The fourth-order valence-electron chi connectivity index (χ4n) is 3.19. The van der Waals surface area contributed by atoms with Gasteiger partial charge in [-0.05, 0) is 24.3 Å². The summed E-state index contributed by atoms with van der Waals surface area (Å²) in [5, 5.41) is 77.6. The number of aliphatic hydroxyl groups is 8. The molecular weight excluding hydrogens is 408 g/mol. The summed E-state index contributed by atoms with van der Waals surface area (Å²) in [5.74, 6) is 0.390. The summed E-state index contributed by atoms with van der Waals surface area (Å²) in [5.41, 5.74) is 0. The number of hydrogen-bond acceptors (Lipinski definition) is 12. The summed E-state index contributed by atoms with van der Waals surface area (Å²) in [4.78, 5) is 0. The Morgan fingerprint density at radius 2 is 0.900 bits per heavy atom. The minimum absolute atomic E-state index is 0.195. The topological polar surface area (TPSA) is 199 Å². The molecule has 0 radical (unpaired) electrons. The van der Waals surface area contributed by atoms with E-state index in [0.717, 1.165) is 0 Å². The molecule has 0 aliphatic carbocycles. The smallest absolute Gasteiger partial charge is 0.229 e. The molecule has 12 nitrogen and oxygen atoms in total. The molecule has 2 aliphatic heterocycles. The van der Waals surface area contributed by atoms with Gasteiger partial charge in [0.15, 0.2) is 0 Å². The fourth-order valence-corrected chi connectivity index (χ4v) is 3.19. The minimum atomic E-state index is -1.57. The molecule has 0 amide bonds. The summed E-state index contributed by atoms with van der Waals surface area (Å²) in [7, 11) is 0. The molecule has 10 atom stereocenters. The normalized spacial score (nSPS) is 42.0. The summed E-state index contributed by atoms with van der Waals surface area (Å²) in [6.45, 7) is -1.17. The van der Waals surface area contributed by atoms with Crippen molar-refractivity contribution >= 4 is 0 Å². The first kappa shape index (κ1) is 23.1. The number of rotatable bonds is 6. The lowest BCUT2D eigenvalue weighted by molar-refractivity contribution is -0.278. The largest absolute Gasteiger partial charge is 0.462 e. The Morgan fingerprint density at radius 3 is 1.20 bits per heavy atom. The van der Waals surface area contributed by atoms with E-state index < -0.39 is 74.6 Å². The Kier molecular flexibility index (Phi) is 7.47. The van der Waals surface area contributed by atoms with E-state index in [1.54, 1.807) is 0 Å². The maximum atomic E-state index is 10.0. The summed E-state index contributed by atoms with van der Waals surface area (Å²) < 4.78 is 21.4. The van der Waals surface area contributed by atoms with Gasteiger partial charge in [-0.1, -0.05) is 0 Å². The van der Waals surface area contributed by atoms with E-state index in [1.165, 1.54) is 24.3 Å². The van der Waals surface area contributed by atoms with Gasteiger partial charge in [0.25, 0.3) is 0 Å². The van der Waals surface area contributed by atoms with Crippen molar-refractivity contribution in [3.63, 3.8) is 0 Å². The monoisotopic (exact) mass is 434 g/mol. The van der Waals surface area contributed by atoms with Crippen LogP contribution < -0.4 is 9.47 Å². The molecule has 4 unspecified atom stereocenters. The van der Waals surface area contributed by atoms with Crippen LogP contribution in [0.1, 0.15) is 0 Å². The van der Waals surface area contributed by atoms with Crippen molar-refractivity contribution in [1.82, 2.24) is 0 Å². The molecule has 1 aromatic carbocycles. The SMILES string of the molecule is OCC1O[C@@H](Oc2ccc(O[C@@H]3O[C@H](CO)[C@@H](O)C(O)C3O)cc2)C(O)[C@@H](O)[C@@H]1O. The minimum Gasteiger partial charge on any atom is -0.462 e. The second kappa shape index (κ2) is 9.70. The van der Waals surface area contributed by atoms with Crippen molar-refractivity contribution in [2.24, 2.45) is 0 Å². The Balaban J connectivity index is 1.62. The van der Waals surface area contributed by atoms with Crippen LogP contribution in [0.3, 0.4) is 0 Å². The molecule has 0 saturated carbocycles. The van der Waals surface area contributed by atoms with Crippen LogP contribution in [0.2, 0.25) is 0 Å². The second-order valence-corrected chi connectivity index (χ2v) is 7.10. The van der Waals surface area contributed by atoms with Crippen LogP contribution in [-0.4, -0.2) is 115 Å². The van der Waals surface area contributed by atoms with E-state index in [4.69, 9.17) is 18.9 Å². The highest BCUT2D eigenvalue weighted by molar-refractivity contribution is 5.31. The molecular formula is C18H26O12. The first-order chi connectivity index (χ1) is 14.3. The van der Waals surface area contributed by atoms with Crippen molar-refractivity contribution in [1.29, 1.82) is 0 Å². The van der Waals surface area contributed by atoms with E-state index in [9.17, 15) is 40.9 Å². The Morgan fingerprint density at radius 1 is 0.567 bits per heavy atom. The maximum absolute atomic E-state index is 10.0. The van der Waals surface area contributed by atoms with Crippen molar-refractivity contribution in [3.05, 3.63) is 24.3 Å². The molecule has 0 aromatic heterocycles. The van der Waals surface area contributed by atoms with E-state index >= 15 is 0 Å². The molecule has 1 aromatic rings. The van der Waals surface area contributed by atoms with Gasteiger partial charge < -0.3 is 59.8 Å². The molecule has 0 spiro atoms. The third kappa shape index (κ3) is 4.68. The van der Waals surface area contributed by atoms with Crippen LogP contribution in [0.15, 0.2) is 24.3 Å². The Labute approximate surface area is 171 Å². The van der Waals surface area contributed by atoms with Crippen LogP contribution in [-0.2, 0) is 9.47 Å². The van der Waals surface area contributed by atoms with Gasteiger partial charge in [-0.25, -0.2) is 0 Å². The lowest BCUT2D eigenvalue weighted by atomic mass is 9.99. The number of benzene rings is 1. The van der Waals surface area contributed by atoms with E-state index in [-0.39, 0.29) is 11.5 Å². The molecule has 2 heterocycles. The van der Waals surface area contributed by atoms with E-state index in [0.29, 0.717) is 0 Å². The van der Waals surface area contributed by atoms with E-state index in [2.05, 4.69) is 0 Å². The zero-order valence-corrected chi connectivity index (χ0v) is 15.7. The molecule has 2 aliphatic rings. The molecule has 12 heteroatoms. The molecule has 0 bridgehead atoms. The molecule has 3 rings (SSSR count). The number of ether oxygens (including phenoxy) is 4. The van der Waals surface area contributed by atoms with Gasteiger partial charge >= 0.3 is 0 Å². The third-order valence-corrected chi connectivity index (χ3v) is 5.03. The van der Waals surface area contributed by atoms with Gasteiger partial charge in [-0.15, -0.1) is 0 Å². The zero-order valence-electron chi connectivity index (χ0n) is 15.7. The van der Waals surface area contributed by atoms with Crippen molar-refractivity contribution in [3.8, 4) is 11.5 Å². The fraction of sp³-hybridized carbons (Fsp3) is 0.667. The van der Waals surface area contributed by atoms with Crippen molar-refractivity contribution in [2.75, 3.05) is 13.2 Å². The van der Waals surface area contributed by atoms with Crippen LogP contribution in [0, 0.1) is 0 Å². The van der Waals surface area contributed by atoms with Crippen LogP contribution >= 0.6 is 0 Å². The summed E-state index contributed by atoms with van der Waals surface area (Å²) >= 11 is 0. The molecule has 8 N–H and O–H groups in total. The van der Waals surface area contributed by atoms with Crippen LogP contribution in [0.4, 0.5) is 0 Å². The zero-order chi connectivity index (χ0) is 22.0. The standard InChI is InChI=1S/C18H26O12/c19-5-9-11(21)13(23)15(25)17(29-9)27-7-1-2-8(4-3-7)28-18-16(26)14(24)12(22)10(6-20)30-18/h1-4,9-26H,5-6H2/t9-,10?,11-,12-,13?,14+,15?,16?,17-,18-/m1/s1. The quantitative estimate of drug-likeness (QED) is 0.216. The van der Waals surface area contributed by atoms with Gasteiger partial charge in [0.1, 0.15) is 60.3 Å². The lowest BCUT2D eigenvalue weighted by Crippen LogP contribution is -2.60. The Bertz CT molecular complexity index is 611. The lowest BCUT2D eigenvalue weighted by Gasteiger charge is -2.39. The van der Waals surface area contributed by atoms with Crippen molar-refractivity contribution in [2.45, 2.75) is 61.4 Å². The first-order valence-electron chi connectivity index (χ1n) is 9.31. The van der Waals surface area contributed by atoms with Gasteiger partial charge in [-0.2, -0.15) is 0 Å². The predicted octanol–water partition coefficient (Wildman–Crippen LogP) is -3.96. The van der Waals surface area contributed by atoms with Gasteiger partial charge in [0, 0.05) is 0 Å². The molecule has 2 fully saturated rings. The second-order valence-electron chi connectivity index (χ2n) is 7.10. The van der Waals surface area contributed by atoms with Crippen LogP contribution in [0.5, 0.6) is 11.5 Å². The third-order valence-electron chi connectivity index (χ3n) is 5.03. The van der Waals surface area contributed by atoms with Gasteiger partial charge in [-0.3, -0.25) is 0 Å². The average molecular weight is 434 g/mol. The predicted molar refractivity (Wildman–Crippen MR) is 95.2 cm³/mol. The van der Waals surface area contributed by atoms with Crippen LogP contribution in [0.25, 0.3) is 0 Å². The average Bonchev–Trinajstić information content (AvgIpc) is 2.75. The number of aliphatic hydroxyl groups excluding tert-OH is 8.